The lowest BCUT2D eigenvalue weighted by molar-refractivity contribution is -0.137. The Bertz CT molecular complexity index is 512. The first-order chi connectivity index (χ1) is 9.82. The van der Waals surface area contributed by atoms with E-state index < -0.39 is 10.0 Å². The Morgan fingerprint density at radius 1 is 1.24 bits per heavy atom. The fraction of sp³-hybridized carbons (Fsp3) is 0.846. The molecule has 21 heavy (non-hydrogen) atoms. The molecule has 2 amide bonds. The Hall–Kier alpha value is -1.15. The molecule has 0 aromatic rings. The fourth-order valence-electron chi connectivity index (χ4n) is 2.92. The molecule has 0 bridgehead atoms. The van der Waals surface area contributed by atoms with Gasteiger partial charge in [-0.1, -0.05) is 6.92 Å². The molecule has 120 valence electrons. The van der Waals surface area contributed by atoms with Crippen LogP contribution in [0.5, 0.6) is 0 Å². The Kier molecular flexibility index (Phi) is 4.88. The molecule has 0 spiro atoms. The van der Waals surface area contributed by atoms with Crippen molar-refractivity contribution in [2.45, 2.75) is 19.8 Å². The van der Waals surface area contributed by atoms with E-state index in [-0.39, 0.29) is 24.2 Å². The number of carbonyl (C=O) groups excluding carboxylic acids is 2. The van der Waals surface area contributed by atoms with Crippen molar-refractivity contribution in [1.82, 2.24) is 14.1 Å². The highest BCUT2D eigenvalue weighted by Gasteiger charge is 2.37. The van der Waals surface area contributed by atoms with Gasteiger partial charge in [0.15, 0.2) is 0 Å². The summed E-state index contributed by atoms with van der Waals surface area (Å²) in [6.45, 7) is 4.69. The number of amides is 2. The number of sulfonamides is 1. The standard InChI is InChI=1S/C13H23N3O4S/c1-3-4-15-10-11(9-12(15)17)13(18)14-5-7-16(8-6-14)21(2,19)20/h11H,3-10H2,1-2H3. The van der Waals surface area contributed by atoms with Gasteiger partial charge in [-0.3, -0.25) is 9.59 Å². The quantitative estimate of drug-likeness (QED) is 0.690. The molecule has 0 radical (unpaired) electrons. The van der Waals surface area contributed by atoms with Crippen LogP contribution in [-0.2, 0) is 19.6 Å². The van der Waals surface area contributed by atoms with Gasteiger partial charge in [-0.05, 0) is 6.42 Å². The fourth-order valence-corrected chi connectivity index (χ4v) is 3.75. The van der Waals surface area contributed by atoms with Crippen LogP contribution in [0, 0.1) is 5.92 Å². The highest BCUT2D eigenvalue weighted by atomic mass is 32.2. The predicted molar refractivity (Wildman–Crippen MR) is 78.0 cm³/mol. The van der Waals surface area contributed by atoms with Crippen LogP contribution in [0.1, 0.15) is 19.8 Å². The van der Waals surface area contributed by atoms with Crippen molar-refractivity contribution in [3.8, 4) is 0 Å². The lowest BCUT2D eigenvalue weighted by Crippen LogP contribution is -2.51. The first-order valence-corrected chi connectivity index (χ1v) is 9.19. The van der Waals surface area contributed by atoms with E-state index in [0.29, 0.717) is 39.3 Å². The van der Waals surface area contributed by atoms with Crippen LogP contribution in [0.2, 0.25) is 0 Å². The number of likely N-dealkylation sites (tertiary alicyclic amines) is 1. The molecular weight excluding hydrogens is 294 g/mol. The number of nitrogens with zero attached hydrogens (tertiary/aromatic N) is 3. The Balaban J connectivity index is 1.90. The molecule has 2 aliphatic heterocycles. The molecule has 0 aliphatic carbocycles. The van der Waals surface area contributed by atoms with Gasteiger partial charge >= 0.3 is 0 Å². The maximum atomic E-state index is 12.4. The highest BCUT2D eigenvalue weighted by molar-refractivity contribution is 7.88. The van der Waals surface area contributed by atoms with E-state index in [1.54, 1.807) is 9.80 Å². The van der Waals surface area contributed by atoms with Crippen LogP contribution < -0.4 is 0 Å². The van der Waals surface area contributed by atoms with E-state index in [1.165, 1.54) is 10.6 Å². The molecule has 2 fully saturated rings. The molecule has 0 aromatic heterocycles. The summed E-state index contributed by atoms with van der Waals surface area (Å²) in [7, 11) is -3.19. The molecule has 2 saturated heterocycles. The van der Waals surface area contributed by atoms with Crippen molar-refractivity contribution in [1.29, 1.82) is 0 Å². The molecule has 2 rings (SSSR count). The number of hydrogen-bond acceptors (Lipinski definition) is 4. The lowest BCUT2D eigenvalue weighted by Gasteiger charge is -2.34. The molecule has 8 heteroatoms. The van der Waals surface area contributed by atoms with Crippen LogP contribution in [-0.4, -0.2) is 79.9 Å². The summed E-state index contributed by atoms with van der Waals surface area (Å²) in [5, 5.41) is 0. The SMILES string of the molecule is CCCN1CC(C(=O)N2CCN(S(C)(=O)=O)CC2)CC1=O. The van der Waals surface area contributed by atoms with Crippen LogP contribution in [0.25, 0.3) is 0 Å². The molecule has 7 nitrogen and oxygen atoms in total. The lowest BCUT2D eigenvalue weighted by atomic mass is 10.1. The van der Waals surface area contributed by atoms with Crippen molar-refractivity contribution in [2.75, 3.05) is 45.5 Å². The second-order valence-electron chi connectivity index (χ2n) is 5.73. The second-order valence-corrected chi connectivity index (χ2v) is 7.71. The average Bonchev–Trinajstić information content (AvgIpc) is 2.79. The second kappa shape index (κ2) is 6.31. The van der Waals surface area contributed by atoms with E-state index in [1.807, 2.05) is 6.92 Å². The van der Waals surface area contributed by atoms with Crippen molar-refractivity contribution in [3.63, 3.8) is 0 Å². The summed E-state index contributed by atoms with van der Waals surface area (Å²) in [6.07, 6.45) is 2.35. The van der Waals surface area contributed by atoms with E-state index in [2.05, 4.69) is 0 Å². The first kappa shape index (κ1) is 16.2. The monoisotopic (exact) mass is 317 g/mol. The summed E-state index contributed by atoms with van der Waals surface area (Å²) in [5.74, 6) is -0.242. The molecule has 0 N–H and O–H groups in total. The van der Waals surface area contributed by atoms with Crippen molar-refractivity contribution in [2.24, 2.45) is 5.92 Å². The smallest absolute Gasteiger partial charge is 0.228 e. The van der Waals surface area contributed by atoms with E-state index in [9.17, 15) is 18.0 Å². The van der Waals surface area contributed by atoms with Crippen molar-refractivity contribution < 1.29 is 18.0 Å². The first-order valence-electron chi connectivity index (χ1n) is 7.34. The molecule has 1 atom stereocenters. The molecule has 0 aromatic carbocycles. The zero-order valence-corrected chi connectivity index (χ0v) is 13.4. The molecule has 0 saturated carbocycles. The highest BCUT2D eigenvalue weighted by Crippen LogP contribution is 2.21. The summed E-state index contributed by atoms with van der Waals surface area (Å²) >= 11 is 0. The normalized spacial score (nSPS) is 24.7. The van der Waals surface area contributed by atoms with Gasteiger partial charge in [0.05, 0.1) is 12.2 Å². The van der Waals surface area contributed by atoms with Crippen LogP contribution in [0.4, 0.5) is 0 Å². The number of hydrogen-bond donors (Lipinski definition) is 0. The van der Waals surface area contributed by atoms with Crippen LogP contribution >= 0.6 is 0 Å². The van der Waals surface area contributed by atoms with Gasteiger partial charge in [-0.2, -0.15) is 4.31 Å². The topological polar surface area (TPSA) is 78.0 Å². The third-order valence-corrected chi connectivity index (χ3v) is 5.38. The number of carbonyl (C=O) groups is 2. The zero-order chi connectivity index (χ0) is 15.6. The molecule has 1 unspecified atom stereocenters. The summed E-state index contributed by atoms with van der Waals surface area (Å²) < 4.78 is 24.3. The zero-order valence-electron chi connectivity index (χ0n) is 12.6. The third kappa shape index (κ3) is 3.74. The Morgan fingerprint density at radius 2 is 1.86 bits per heavy atom. The average molecular weight is 317 g/mol. The summed E-state index contributed by atoms with van der Waals surface area (Å²) in [5.41, 5.74) is 0. The minimum Gasteiger partial charge on any atom is -0.342 e. The third-order valence-electron chi connectivity index (χ3n) is 4.08. The maximum absolute atomic E-state index is 12.4. The Morgan fingerprint density at radius 3 is 2.38 bits per heavy atom. The van der Waals surface area contributed by atoms with Crippen LogP contribution in [0.3, 0.4) is 0 Å². The van der Waals surface area contributed by atoms with Gasteiger partial charge in [0.1, 0.15) is 0 Å². The van der Waals surface area contributed by atoms with Gasteiger partial charge in [-0.15, -0.1) is 0 Å². The minimum absolute atomic E-state index is 0.0184. The molecule has 2 aliphatic rings. The Labute approximate surface area is 125 Å². The van der Waals surface area contributed by atoms with E-state index >= 15 is 0 Å². The van der Waals surface area contributed by atoms with E-state index in [4.69, 9.17) is 0 Å². The van der Waals surface area contributed by atoms with Gasteiger partial charge in [-0.25, -0.2) is 8.42 Å². The van der Waals surface area contributed by atoms with Gasteiger partial charge in [0, 0.05) is 45.7 Å². The molecular formula is C13H23N3O4S. The summed E-state index contributed by atoms with van der Waals surface area (Å²) in [6, 6.07) is 0. The largest absolute Gasteiger partial charge is 0.342 e. The van der Waals surface area contributed by atoms with Crippen molar-refractivity contribution >= 4 is 21.8 Å². The van der Waals surface area contributed by atoms with Crippen LogP contribution in [0.15, 0.2) is 0 Å². The van der Waals surface area contributed by atoms with E-state index in [0.717, 1.165) is 6.42 Å². The minimum atomic E-state index is -3.19. The molecule has 2 heterocycles. The number of piperazine rings is 1. The van der Waals surface area contributed by atoms with Crippen molar-refractivity contribution in [3.05, 3.63) is 0 Å². The number of rotatable bonds is 4. The van der Waals surface area contributed by atoms with Gasteiger partial charge in [0.25, 0.3) is 0 Å². The van der Waals surface area contributed by atoms with Gasteiger partial charge in [0.2, 0.25) is 21.8 Å². The predicted octanol–water partition coefficient (Wildman–Crippen LogP) is -0.651. The maximum Gasteiger partial charge on any atom is 0.228 e. The van der Waals surface area contributed by atoms with Gasteiger partial charge < -0.3 is 9.80 Å². The summed E-state index contributed by atoms with van der Waals surface area (Å²) in [4.78, 5) is 27.7.